The lowest BCUT2D eigenvalue weighted by molar-refractivity contribution is 0.0922. The summed E-state index contributed by atoms with van der Waals surface area (Å²) in [7, 11) is 0. The molecule has 0 saturated heterocycles. The van der Waals surface area contributed by atoms with E-state index in [0.29, 0.717) is 22.7 Å². The standard InChI is InChI=1S/C14H20ClN3O/c1-3-9-4-6-11(8(9)2)17-14(19)13-10(15)5-7-12(16)18-13/h5,7-9,11H,3-4,6H2,1-2H3,(H2,16,18)(H,17,19). The van der Waals surface area contributed by atoms with E-state index in [4.69, 9.17) is 17.3 Å². The molecular formula is C14H20ClN3O. The molecule has 0 spiro atoms. The zero-order chi connectivity index (χ0) is 14.0. The summed E-state index contributed by atoms with van der Waals surface area (Å²) in [5.41, 5.74) is 5.81. The Bertz CT molecular complexity index is 478. The molecule has 5 heteroatoms. The lowest BCUT2D eigenvalue weighted by Gasteiger charge is -2.21. The van der Waals surface area contributed by atoms with Crippen LogP contribution in [0.1, 0.15) is 43.6 Å². The molecule has 1 heterocycles. The molecule has 3 atom stereocenters. The Morgan fingerprint density at radius 2 is 2.26 bits per heavy atom. The second-order valence-electron chi connectivity index (χ2n) is 5.25. The average Bonchev–Trinajstić information content (AvgIpc) is 2.73. The molecule has 19 heavy (non-hydrogen) atoms. The number of carbonyl (C=O) groups excluding carboxylic acids is 1. The Balaban J connectivity index is 2.07. The lowest BCUT2D eigenvalue weighted by Crippen LogP contribution is -2.38. The Kier molecular flexibility index (Phi) is 4.30. The molecule has 1 aromatic rings. The van der Waals surface area contributed by atoms with Crippen molar-refractivity contribution in [1.29, 1.82) is 0 Å². The maximum atomic E-state index is 12.2. The van der Waals surface area contributed by atoms with Crippen molar-refractivity contribution in [3.05, 3.63) is 22.8 Å². The average molecular weight is 282 g/mol. The molecule has 0 aromatic carbocycles. The molecule has 0 aliphatic heterocycles. The van der Waals surface area contributed by atoms with Gasteiger partial charge in [-0.2, -0.15) is 0 Å². The van der Waals surface area contributed by atoms with Crippen LogP contribution in [-0.2, 0) is 0 Å². The fourth-order valence-corrected chi connectivity index (χ4v) is 3.07. The highest BCUT2D eigenvalue weighted by Crippen LogP contribution is 2.34. The van der Waals surface area contributed by atoms with E-state index in [1.807, 2.05) is 0 Å². The zero-order valence-electron chi connectivity index (χ0n) is 11.3. The number of anilines is 1. The van der Waals surface area contributed by atoms with Gasteiger partial charge in [0.2, 0.25) is 0 Å². The highest BCUT2D eigenvalue weighted by molar-refractivity contribution is 6.33. The van der Waals surface area contributed by atoms with Crippen molar-refractivity contribution >= 4 is 23.3 Å². The van der Waals surface area contributed by atoms with E-state index in [1.165, 1.54) is 6.42 Å². The van der Waals surface area contributed by atoms with Crippen LogP contribution in [0.4, 0.5) is 5.82 Å². The van der Waals surface area contributed by atoms with Gasteiger partial charge in [-0.1, -0.05) is 31.9 Å². The molecule has 1 aliphatic rings. The number of carbonyl (C=O) groups is 1. The van der Waals surface area contributed by atoms with Crippen molar-refractivity contribution in [3.63, 3.8) is 0 Å². The summed E-state index contributed by atoms with van der Waals surface area (Å²) in [6.07, 6.45) is 3.34. The van der Waals surface area contributed by atoms with Crippen LogP contribution in [0.25, 0.3) is 0 Å². The molecule has 3 N–H and O–H groups in total. The maximum absolute atomic E-state index is 12.2. The first-order chi connectivity index (χ1) is 9.02. The Labute approximate surface area is 118 Å². The predicted octanol–water partition coefficient (Wildman–Crippen LogP) is 2.87. The Morgan fingerprint density at radius 3 is 2.89 bits per heavy atom. The number of nitrogens with two attached hydrogens (primary N) is 1. The highest BCUT2D eigenvalue weighted by Gasteiger charge is 2.33. The van der Waals surface area contributed by atoms with E-state index in [1.54, 1.807) is 12.1 Å². The maximum Gasteiger partial charge on any atom is 0.271 e. The summed E-state index contributed by atoms with van der Waals surface area (Å²) in [6.45, 7) is 4.39. The van der Waals surface area contributed by atoms with Gasteiger partial charge in [0.15, 0.2) is 0 Å². The number of pyridine rings is 1. The SMILES string of the molecule is CCC1CCC(NC(=O)c2nc(N)ccc2Cl)C1C. The van der Waals surface area contributed by atoms with Gasteiger partial charge in [-0.25, -0.2) is 4.98 Å². The van der Waals surface area contributed by atoms with Crippen LogP contribution >= 0.6 is 11.6 Å². The fraction of sp³-hybridized carbons (Fsp3) is 0.571. The zero-order valence-corrected chi connectivity index (χ0v) is 12.1. The summed E-state index contributed by atoms with van der Waals surface area (Å²) in [5.74, 6) is 1.26. The molecule has 1 saturated carbocycles. The van der Waals surface area contributed by atoms with Gasteiger partial charge in [-0.15, -0.1) is 0 Å². The molecule has 2 rings (SSSR count). The second kappa shape index (κ2) is 5.78. The first-order valence-electron chi connectivity index (χ1n) is 6.75. The normalized spacial score (nSPS) is 26.4. The number of aromatic nitrogens is 1. The smallest absolute Gasteiger partial charge is 0.271 e. The second-order valence-corrected chi connectivity index (χ2v) is 5.66. The molecule has 1 aliphatic carbocycles. The van der Waals surface area contributed by atoms with Crippen LogP contribution in [0.3, 0.4) is 0 Å². The molecule has 104 valence electrons. The van der Waals surface area contributed by atoms with Gasteiger partial charge < -0.3 is 11.1 Å². The molecule has 0 radical (unpaired) electrons. The van der Waals surface area contributed by atoms with Crippen LogP contribution in [0.2, 0.25) is 5.02 Å². The van der Waals surface area contributed by atoms with Crippen LogP contribution in [0.15, 0.2) is 12.1 Å². The van der Waals surface area contributed by atoms with Gasteiger partial charge in [-0.3, -0.25) is 4.79 Å². The third kappa shape index (κ3) is 3.00. The van der Waals surface area contributed by atoms with Gasteiger partial charge in [0.1, 0.15) is 11.5 Å². The largest absolute Gasteiger partial charge is 0.384 e. The number of hydrogen-bond donors (Lipinski definition) is 2. The van der Waals surface area contributed by atoms with E-state index >= 15 is 0 Å². The quantitative estimate of drug-likeness (QED) is 0.895. The Hall–Kier alpha value is -1.29. The topological polar surface area (TPSA) is 68.0 Å². The first-order valence-corrected chi connectivity index (χ1v) is 7.13. The van der Waals surface area contributed by atoms with Crippen LogP contribution in [0, 0.1) is 11.8 Å². The molecule has 1 amide bonds. The summed E-state index contributed by atoms with van der Waals surface area (Å²) in [5, 5.41) is 3.37. The summed E-state index contributed by atoms with van der Waals surface area (Å²) in [4.78, 5) is 16.2. The van der Waals surface area contributed by atoms with Crippen molar-refractivity contribution in [2.45, 2.75) is 39.2 Å². The van der Waals surface area contributed by atoms with E-state index in [9.17, 15) is 4.79 Å². The van der Waals surface area contributed by atoms with Gasteiger partial charge >= 0.3 is 0 Å². The van der Waals surface area contributed by atoms with Gasteiger partial charge in [0.25, 0.3) is 5.91 Å². The number of halogens is 1. The van der Waals surface area contributed by atoms with E-state index < -0.39 is 0 Å². The monoisotopic (exact) mass is 281 g/mol. The summed E-state index contributed by atoms with van der Waals surface area (Å²) < 4.78 is 0. The third-order valence-corrected chi connectivity index (χ3v) is 4.46. The van der Waals surface area contributed by atoms with Crippen molar-refractivity contribution in [3.8, 4) is 0 Å². The summed E-state index contributed by atoms with van der Waals surface area (Å²) >= 11 is 5.99. The lowest BCUT2D eigenvalue weighted by atomic mass is 9.93. The molecule has 3 unspecified atom stereocenters. The molecule has 1 fully saturated rings. The molecule has 1 aromatic heterocycles. The minimum Gasteiger partial charge on any atom is -0.384 e. The molecular weight excluding hydrogens is 262 g/mol. The number of rotatable bonds is 3. The molecule has 0 bridgehead atoms. The van der Waals surface area contributed by atoms with Gasteiger partial charge in [-0.05, 0) is 36.8 Å². The Morgan fingerprint density at radius 1 is 1.53 bits per heavy atom. The highest BCUT2D eigenvalue weighted by atomic mass is 35.5. The van der Waals surface area contributed by atoms with Gasteiger partial charge in [0.05, 0.1) is 5.02 Å². The van der Waals surface area contributed by atoms with Crippen LogP contribution in [-0.4, -0.2) is 16.9 Å². The minimum atomic E-state index is -0.231. The van der Waals surface area contributed by atoms with Crippen molar-refractivity contribution in [1.82, 2.24) is 10.3 Å². The number of nitrogen functional groups attached to an aromatic ring is 1. The van der Waals surface area contributed by atoms with Crippen molar-refractivity contribution in [2.24, 2.45) is 11.8 Å². The number of amides is 1. The summed E-state index contributed by atoms with van der Waals surface area (Å²) in [6, 6.07) is 3.40. The van der Waals surface area contributed by atoms with Crippen LogP contribution < -0.4 is 11.1 Å². The first kappa shape index (κ1) is 14.1. The number of nitrogens with zero attached hydrogens (tertiary/aromatic N) is 1. The predicted molar refractivity (Wildman–Crippen MR) is 77.1 cm³/mol. The fourth-order valence-electron chi connectivity index (χ4n) is 2.88. The molecule has 4 nitrogen and oxygen atoms in total. The number of hydrogen-bond acceptors (Lipinski definition) is 3. The third-order valence-electron chi connectivity index (χ3n) is 4.15. The van der Waals surface area contributed by atoms with Crippen molar-refractivity contribution in [2.75, 3.05) is 5.73 Å². The van der Waals surface area contributed by atoms with E-state index in [2.05, 4.69) is 24.1 Å². The van der Waals surface area contributed by atoms with E-state index in [0.717, 1.165) is 12.8 Å². The minimum absolute atomic E-state index is 0.205. The van der Waals surface area contributed by atoms with E-state index in [-0.39, 0.29) is 17.6 Å². The van der Waals surface area contributed by atoms with Crippen molar-refractivity contribution < 1.29 is 4.79 Å². The number of nitrogens with one attached hydrogen (secondary N) is 1. The van der Waals surface area contributed by atoms with Crippen LogP contribution in [0.5, 0.6) is 0 Å². The van der Waals surface area contributed by atoms with Gasteiger partial charge in [0, 0.05) is 6.04 Å².